The molecule has 1 aromatic carbocycles. The van der Waals surface area contributed by atoms with Crippen LogP contribution in [0.5, 0.6) is 0 Å². The second kappa shape index (κ2) is 6.34. The fourth-order valence-corrected chi connectivity index (χ4v) is 5.53. The molecule has 106 valence electrons. The summed E-state index contributed by atoms with van der Waals surface area (Å²) in [4.78, 5) is 11.7. The van der Waals surface area contributed by atoms with E-state index in [1.165, 1.54) is 0 Å². The van der Waals surface area contributed by atoms with Crippen LogP contribution in [0.3, 0.4) is 0 Å². The number of hydrogen-bond donors (Lipinski definition) is 1. The Hall–Kier alpha value is -1.14. The summed E-state index contributed by atoms with van der Waals surface area (Å²) < 4.78 is 25.7. The van der Waals surface area contributed by atoms with Gasteiger partial charge in [-0.1, -0.05) is 50.0 Å². The van der Waals surface area contributed by atoms with Crippen LogP contribution in [0.1, 0.15) is 5.56 Å². The molecule has 1 N–H and O–H groups in total. The molecule has 0 atom stereocenters. The van der Waals surface area contributed by atoms with E-state index in [1.807, 2.05) is 18.2 Å². The van der Waals surface area contributed by atoms with Crippen molar-refractivity contribution in [1.29, 1.82) is 0 Å². The maximum absolute atomic E-state index is 11.8. The first-order chi connectivity index (χ1) is 8.68. The molecule has 4 nitrogen and oxygen atoms in total. The highest BCUT2D eigenvalue weighted by atomic mass is 32.2. The second-order valence-electron chi connectivity index (χ2n) is 5.82. The van der Waals surface area contributed by atoms with Gasteiger partial charge in [-0.2, -0.15) is 0 Å². The van der Waals surface area contributed by atoms with Crippen molar-refractivity contribution in [3.63, 3.8) is 0 Å². The van der Waals surface area contributed by atoms with E-state index < -0.39 is 24.0 Å². The Labute approximate surface area is 116 Å². The van der Waals surface area contributed by atoms with E-state index in [-0.39, 0.29) is 12.2 Å². The Bertz CT molecular complexity index is 521. The van der Waals surface area contributed by atoms with Crippen LogP contribution in [0, 0.1) is 0 Å². The number of hydrogen-bond acceptors (Lipinski definition) is 3. The van der Waals surface area contributed by atoms with E-state index in [4.69, 9.17) is 0 Å². The molecular formula is C13H21NO3SSi. The van der Waals surface area contributed by atoms with Crippen LogP contribution in [0.4, 0.5) is 0 Å². The fraction of sp³-hybridized carbons (Fsp3) is 0.462. The van der Waals surface area contributed by atoms with Gasteiger partial charge in [0, 0.05) is 8.07 Å². The molecule has 0 fully saturated rings. The van der Waals surface area contributed by atoms with Crippen LogP contribution < -0.4 is 4.72 Å². The van der Waals surface area contributed by atoms with E-state index in [9.17, 15) is 13.2 Å². The molecule has 0 saturated carbocycles. The van der Waals surface area contributed by atoms with Crippen LogP contribution in [0.2, 0.25) is 25.7 Å². The van der Waals surface area contributed by atoms with E-state index in [2.05, 4.69) is 24.4 Å². The molecule has 19 heavy (non-hydrogen) atoms. The highest BCUT2D eigenvalue weighted by Crippen LogP contribution is 2.09. The van der Waals surface area contributed by atoms with Gasteiger partial charge in [-0.05, 0) is 11.6 Å². The molecule has 1 rings (SSSR count). The van der Waals surface area contributed by atoms with Crippen LogP contribution in [-0.4, -0.2) is 28.2 Å². The number of carbonyl (C=O) groups excluding carboxylic acids is 1. The van der Waals surface area contributed by atoms with Crippen molar-refractivity contribution in [3.8, 4) is 0 Å². The van der Waals surface area contributed by atoms with Gasteiger partial charge in [0.15, 0.2) is 0 Å². The minimum Gasteiger partial charge on any atom is -0.274 e. The first-order valence-corrected chi connectivity index (χ1v) is 11.6. The molecule has 0 unspecified atom stereocenters. The Kier molecular flexibility index (Phi) is 5.31. The van der Waals surface area contributed by atoms with Gasteiger partial charge in [-0.3, -0.25) is 9.52 Å². The lowest BCUT2D eigenvalue weighted by atomic mass is 10.1. The number of benzene rings is 1. The summed E-state index contributed by atoms with van der Waals surface area (Å²) in [7, 11) is -4.92. The molecule has 0 aliphatic heterocycles. The van der Waals surface area contributed by atoms with Crippen molar-refractivity contribution in [3.05, 3.63) is 35.9 Å². The lowest BCUT2D eigenvalue weighted by Gasteiger charge is -2.15. The third kappa shape index (κ3) is 7.12. The van der Waals surface area contributed by atoms with E-state index in [0.717, 1.165) is 5.56 Å². The molecule has 0 aliphatic carbocycles. The predicted octanol–water partition coefficient (Wildman–Crippen LogP) is 2.01. The van der Waals surface area contributed by atoms with E-state index in [0.29, 0.717) is 6.04 Å². The molecule has 0 radical (unpaired) electrons. The monoisotopic (exact) mass is 299 g/mol. The van der Waals surface area contributed by atoms with Gasteiger partial charge in [0.05, 0.1) is 12.2 Å². The predicted molar refractivity (Wildman–Crippen MR) is 80.2 cm³/mol. The fourth-order valence-electron chi connectivity index (χ4n) is 1.48. The van der Waals surface area contributed by atoms with Gasteiger partial charge < -0.3 is 0 Å². The third-order valence-electron chi connectivity index (χ3n) is 2.60. The largest absolute Gasteiger partial charge is 0.274 e. The third-order valence-corrected chi connectivity index (χ3v) is 5.99. The first-order valence-electron chi connectivity index (χ1n) is 6.25. The van der Waals surface area contributed by atoms with Crippen molar-refractivity contribution in [1.82, 2.24) is 4.72 Å². The number of rotatable bonds is 6. The van der Waals surface area contributed by atoms with Crippen molar-refractivity contribution in [2.75, 3.05) is 5.75 Å². The zero-order valence-corrected chi connectivity index (χ0v) is 13.5. The minimum absolute atomic E-state index is 0.0310. The highest BCUT2D eigenvalue weighted by Gasteiger charge is 2.20. The van der Waals surface area contributed by atoms with Crippen LogP contribution in [0.15, 0.2) is 30.3 Å². The molecule has 1 aromatic rings. The molecule has 0 aromatic heterocycles. The summed E-state index contributed by atoms with van der Waals surface area (Å²) in [6, 6.07) is 9.75. The normalized spacial score (nSPS) is 12.2. The summed E-state index contributed by atoms with van der Waals surface area (Å²) in [6.07, 6.45) is 0.0903. The van der Waals surface area contributed by atoms with Gasteiger partial charge in [-0.15, -0.1) is 0 Å². The quantitative estimate of drug-likeness (QED) is 0.817. The van der Waals surface area contributed by atoms with E-state index in [1.54, 1.807) is 12.1 Å². The number of amides is 1. The number of sulfonamides is 1. The molecule has 1 amide bonds. The van der Waals surface area contributed by atoms with Crippen molar-refractivity contribution in [2.24, 2.45) is 0 Å². The van der Waals surface area contributed by atoms with Crippen molar-refractivity contribution in [2.45, 2.75) is 32.1 Å². The lowest BCUT2D eigenvalue weighted by molar-refractivity contribution is -0.118. The number of carbonyl (C=O) groups is 1. The highest BCUT2D eigenvalue weighted by molar-refractivity contribution is 7.90. The van der Waals surface area contributed by atoms with Gasteiger partial charge >= 0.3 is 0 Å². The number of nitrogens with one attached hydrogen (secondary N) is 1. The molecule has 0 saturated heterocycles. The molecular weight excluding hydrogens is 278 g/mol. The smallest absolute Gasteiger partial charge is 0.237 e. The maximum Gasteiger partial charge on any atom is 0.237 e. The summed E-state index contributed by atoms with van der Waals surface area (Å²) in [6.45, 7) is 6.32. The van der Waals surface area contributed by atoms with E-state index >= 15 is 0 Å². The average Bonchev–Trinajstić information content (AvgIpc) is 2.26. The Morgan fingerprint density at radius 1 is 1.16 bits per heavy atom. The van der Waals surface area contributed by atoms with Gasteiger partial charge in [0.1, 0.15) is 0 Å². The molecule has 6 heteroatoms. The second-order valence-corrected chi connectivity index (χ2v) is 13.3. The van der Waals surface area contributed by atoms with Crippen molar-refractivity contribution < 1.29 is 13.2 Å². The van der Waals surface area contributed by atoms with Gasteiger partial charge in [0.2, 0.25) is 15.9 Å². The molecule has 0 heterocycles. The summed E-state index contributed by atoms with van der Waals surface area (Å²) in [5.41, 5.74) is 0.806. The zero-order valence-electron chi connectivity index (χ0n) is 11.6. The van der Waals surface area contributed by atoms with Gasteiger partial charge in [0.25, 0.3) is 0 Å². The zero-order chi connectivity index (χ0) is 14.5. The molecule has 0 bridgehead atoms. The Morgan fingerprint density at radius 3 is 2.26 bits per heavy atom. The summed E-state index contributed by atoms with van der Waals surface area (Å²) in [5, 5.41) is 0. The minimum atomic E-state index is -3.50. The van der Waals surface area contributed by atoms with Crippen LogP contribution in [-0.2, 0) is 21.2 Å². The average molecular weight is 299 g/mol. The van der Waals surface area contributed by atoms with Gasteiger partial charge in [-0.25, -0.2) is 8.42 Å². The summed E-state index contributed by atoms with van der Waals surface area (Å²) in [5.74, 6) is -0.440. The maximum atomic E-state index is 11.8. The van der Waals surface area contributed by atoms with Crippen LogP contribution in [0.25, 0.3) is 0 Å². The van der Waals surface area contributed by atoms with Crippen LogP contribution >= 0.6 is 0 Å². The first kappa shape index (κ1) is 15.9. The SMILES string of the molecule is C[Si](C)(C)CCS(=O)(=O)NC(=O)Cc1ccccc1. The standard InChI is InChI=1S/C13H21NO3SSi/c1-19(2,3)10-9-18(16,17)14-13(15)11-12-7-5-4-6-8-12/h4-8H,9-11H2,1-3H3,(H,14,15). The topological polar surface area (TPSA) is 63.2 Å². The molecule has 0 spiro atoms. The van der Waals surface area contributed by atoms with Crippen molar-refractivity contribution >= 4 is 24.0 Å². The lowest BCUT2D eigenvalue weighted by Crippen LogP contribution is -2.36. The molecule has 0 aliphatic rings. The Morgan fingerprint density at radius 2 is 1.74 bits per heavy atom. The Balaban J connectivity index is 2.52. The summed E-state index contributed by atoms with van der Waals surface area (Å²) >= 11 is 0.